The van der Waals surface area contributed by atoms with Crippen LogP contribution < -0.4 is 0 Å². The van der Waals surface area contributed by atoms with E-state index in [-0.39, 0.29) is 5.97 Å². The second-order valence-electron chi connectivity index (χ2n) is 5.12. The van der Waals surface area contributed by atoms with Crippen LogP contribution in [0.2, 0.25) is 0 Å². The van der Waals surface area contributed by atoms with Crippen molar-refractivity contribution in [1.82, 2.24) is 0 Å². The molecule has 2 aliphatic rings. The zero-order valence-corrected chi connectivity index (χ0v) is 9.62. The highest BCUT2D eigenvalue weighted by atomic mass is 16.5. The van der Waals surface area contributed by atoms with Crippen molar-refractivity contribution in [2.24, 2.45) is 10.8 Å². The lowest BCUT2D eigenvalue weighted by molar-refractivity contribution is -0.160. The third-order valence-corrected chi connectivity index (χ3v) is 4.23. The predicted molar refractivity (Wildman–Crippen MR) is 56.8 cm³/mol. The Labute approximate surface area is 95.0 Å². The number of carbonyl (C=O) groups is 2. The SMILES string of the molecule is CCOC(=O)[C@@]12CCC[C@@](C(=O)O)(CC1)C2. The van der Waals surface area contributed by atoms with Gasteiger partial charge in [-0.3, -0.25) is 9.59 Å². The highest BCUT2D eigenvalue weighted by Crippen LogP contribution is 2.59. The Kier molecular flexibility index (Phi) is 2.68. The summed E-state index contributed by atoms with van der Waals surface area (Å²) < 4.78 is 5.10. The van der Waals surface area contributed by atoms with Gasteiger partial charge >= 0.3 is 11.9 Å². The Balaban J connectivity index is 2.20. The van der Waals surface area contributed by atoms with E-state index in [0.717, 1.165) is 12.8 Å². The monoisotopic (exact) mass is 226 g/mol. The average molecular weight is 226 g/mol. The Morgan fingerprint density at radius 3 is 2.44 bits per heavy atom. The van der Waals surface area contributed by atoms with E-state index in [1.165, 1.54) is 0 Å². The number of carboxylic acids is 1. The van der Waals surface area contributed by atoms with Crippen LogP contribution in [0.15, 0.2) is 0 Å². The summed E-state index contributed by atoms with van der Waals surface area (Å²) in [7, 11) is 0. The minimum Gasteiger partial charge on any atom is -0.481 e. The van der Waals surface area contributed by atoms with Gasteiger partial charge in [-0.25, -0.2) is 0 Å². The minimum atomic E-state index is -0.738. The molecule has 0 aromatic carbocycles. The van der Waals surface area contributed by atoms with Crippen molar-refractivity contribution in [2.75, 3.05) is 6.61 Å². The number of carbonyl (C=O) groups excluding carboxylic acids is 1. The molecule has 0 aromatic heterocycles. The van der Waals surface area contributed by atoms with Crippen molar-refractivity contribution in [2.45, 2.75) is 45.4 Å². The molecule has 0 amide bonds. The van der Waals surface area contributed by atoms with E-state index >= 15 is 0 Å². The highest BCUT2D eigenvalue weighted by molar-refractivity contribution is 5.82. The van der Waals surface area contributed by atoms with Gasteiger partial charge in [0.15, 0.2) is 0 Å². The van der Waals surface area contributed by atoms with Crippen LogP contribution in [0.4, 0.5) is 0 Å². The molecule has 16 heavy (non-hydrogen) atoms. The first-order chi connectivity index (χ1) is 7.55. The molecular weight excluding hydrogens is 208 g/mol. The van der Waals surface area contributed by atoms with Gasteiger partial charge in [0.25, 0.3) is 0 Å². The number of ether oxygens (including phenoxy) is 1. The molecule has 4 nitrogen and oxygen atoms in total. The second-order valence-corrected chi connectivity index (χ2v) is 5.12. The lowest BCUT2D eigenvalue weighted by Gasteiger charge is -2.35. The molecule has 2 bridgehead atoms. The van der Waals surface area contributed by atoms with Crippen LogP contribution in [-0.4, -0.2) is 23.7 Å². The summed E-state index contributed by atoms with van der Waals surface area (Å²) in [4.78, 5) is 23.2. The molecule has 2 atom stereocenters. The van der Waals surface area contributed by atoms with E-state index in [4.69, 9.17) is 4.74 Å². The van der Waals surface area contributed by atoms with Gasteiger partial charge in [0.05, 0.1) is 17.4 Å². The van der Waals surface area contributed by atoms with Gasteiger partial charge in [0.2, 0.25) is 0 Å². The van der Waals surface area contributed by atoms with Crippen molar-refractivity contribution in [3.8, 4) is 0 Å². The van der Waals surface area contributed by atoms with Gasteiger partial charge in [-0.15, -0.1) is 0 Å². The number of fused-ring (bicyclic) bond motifs is 2. The van der Waals surface area contributed by atoms with E-state index in [1.54, 1.807) is 6.92 Å². The van der Waals surface area contributed by atoms with Gasteiger partial charge in [-0.2, -0.15) is 0 Å². The molecule has 4 heteroatoms. The normalized spacial score (nSPS) is 37.1. The van der Waals surface area contributed by atoms with E-state index in [9.17, 15) is 14.7 Å². The van der Waals surface area contributed by atoms with E-state index in [2.05, 4.69) is 0 Å². The van der Waals surface area contributed by atoms with Gasteiger partial charge in [0, 0.05) is 0 Å². The zero-order valence-electron chi connectivity index (χ0n) is 9.62. The topological polar surface area (TPSA) is 63.6 Å². The van der Waals surface area contributed by atoms with Crippen molar-refractivity contribution < 1.29 is 19.4 Å². The summed E-state index contributed by atoms with van der Waals surface area (Å²) >= 11 is 0. The maximum absolute atomic E-state index is 11.9. The number of hydrogen-bond acceptors (Lipinski definition) is 3. The van der Waals surface area contributed by atoms with Crippen LogP contribution in [0.1, 0.15) is 45.4 Å². The van der Waals surface area contributed by atoms with Gasteiger partial charge < -0.3 is 9.84 Å². The van der Waals surface area contributed by atoms with Gasteiger partial charge in [-0.05, 0) is 39.0 Å². The molecule has 2 rings (SSSR count). The zero-order chi connectivity index (χ0) is 11.8. The maximum Gasteiger partial charge on any atom is 0.312 e. The predicted octanol–water partition coefficient (Wildman–Crippen LogP) is 1.97. The first-order valence-electron chi connectivity index (χ1n) is 5.95. The molecule has 0 heterocycles. The van der Waals surface area contributed by atoms with Crippen LogP contribution in [-0.2, 0) is 14.3 Å². The Morgan fingerprint density at radius 2 is 1.81 bits per heavy atom. The summed E-state index contributed by atoms with van der Waals surface area (Å²) in [5, 5.41) is 9.29. The fraction of sp³-hybridized carbons (Fsp3) is 0.833. The quantitative estimate of drug-likeness (QED) is 0.747. The smallest absolute Gasteiger partial charge is 0.312 e. The fourth-order valence-corrected chi connectivity index (χ4v) is 3.34. The van der Waals surface area contributed by atoms with Gasteiger partial charge in [-0.1, -0.05) is 6.42 Å². The van der Waals surface area contributed by atoms with Crippen LogP contribution in [0, 0.1) is 10.8 Å². The summed E-state index contributed by atoms with van der Waals surface area (Å²) in [6.45, 7) is 2.16. The number of rotatable bonds is 3. The van der Waals surface area contributed by atoms with Crippen LogP contribution in [0.25, 0.3) is 0 Å². The molecule has 1 N–H and O–H groups in total. The fourth-order valence-electron chi connectivity index (χ4n) is 3.34. The Hall–Kier alpha value is -1.06. The van der Waals surface area contributed by atoms with E-state index in [0.29, 0.717) is 32.3 Å². The maximum atomic E-state index is 11.9. The van der Waals surface area contributed by atoms with E-state index in [1.807, 2.05) is 0 Å². The summed E-state index contributed by atoms with van der Waals surface area (Å²) in [5.74, 6) is -0.920. The third-order valence-electron chi connectivity index (χ3n) is 4.23. The minimum absolute atomic E-state index is 0.183. The molecule has 2 fully saturated rings. The molecule has 2 aliphatic carbocycles. The first kappa shape index (κ1) is 11.4. The van der Waals surface area contributed by atoms with Crippen LogP contribution in [0.5, 0.6) is 0 Å². The van der Waals surface area contributed by atoms with Crippen molar-refractivity contribution in [1.29, 1.82) is 0 Å². The van der Waals surface area contributed by atoms with Gasteiger partial charge in [0.1, 0.15) is 0 Å². The van der Waals surface area contributed by atoms with Crippen molar-refractivity contribution >= 4 is 11.9 Å². The lowest BCUT2D eigenvalue weighted by atomic mass is 9.69. The Morgan fingerprint density at radius 1 is 1.19 bits per heavy atom. The van der Waals surface area contributed by atoms with Crippen LogP contribution >= 0.6 is 0 Å². The molecule has 0 radical (unpaired) electrons. The standard InChI is InChI=1S/C12H18O4/c1-2-16-10(15)12-5-3-4-11(8-12,6-7-12)9(13)14/h2-8H2,1H3,(H,13,14)/t11-,12+/m1/s1. The molecule has 90 valence electrons. The largest absolute Gasteiger partial charge is 0.481 e. The lowest BCUT2D eigenvalue weighted by Crippen LogP contribution is -2.38. The molecule has 0 unspecified atom stereocenters. The summed E-state index contributed by atoms with van der Waals surface area (Å²) in [6.07, 6.45) is 4.11. The number of hydrogen-bond donors (Lipinski definition) is 1. The third kappa shape index (κ3) is 1.51. The molecule has 0 spiro atoms. The van der Waals surface area contributed by atoms with Crippen molar-refractivity contribution in [3.63, 3.8) is 0 Å². The molecule has 0 aliphatic heterocycles. The number of carboxylic acid groups (broad SMARTS) is 1. The molecule has 2 saturated carbocycles. The Bertz CT molecular complexity index is 325. The summed E-state index contributed by atoms with van der Waals surface area (Å²) in [6, 6.07) is 0. The second kappa shape index (κ2) is 3.75. The van der Waals surface area contributed by atoms with Crippen LogP contribution in [0.3, 0.4) is 0 Å². The van der Waals surface area contributed by atoms with Crippen molar-refractivity contribution in [3.05, 3.63) is 0 Å². The number of aliphatic carboxylic acids is 1. The summed E-state index contributed by atoms with van der Waals surface area (Å²) in [5.41, 5.74) is -1.14. The molecule has 0 saturated heterocycles. The van der Waals surface area contributed by atoms with E-state index < -0.39 is 16.8 Å². The highest BCUT2D eigenvalue weighted by Gasteiger charge is 2.58. The molecule has 0 aromatic rings. The average Bonchev–Trinajstić information content (AvgIpc) is 2.54. The number of esters is 1. The first-order valence-corrected chi connectivity index (χ1v) is 5.95. The molecular formula is C12H18O4.